The Labute approximate surface area is 163 Å². The van der Waals surface area contributed by atoms with Crippen molar-refractivity contribution in [2.24, 2.45) is 0 Å². The monoisotopic (exact) mass is 378 g/mol. The molecular weight excluding hydrogens is 356 g/mol. The fourth-order valence-corrected chi connectivity index (χ4v) is 2.51. The molecule has 0 bridgehead atoms. The number of anilines is 1. The van der Waals surface area contributed by atoms with Crippen molar-refractivity contribution in [2.45, 2.75) is 26.2 Å². The predicted octanol–water partition coefficient (Wildman–Crippen LogP) is 2.33. The summed E-state index contributed by atoms with van der Waals surface area (Å²) < 4.78 is 1.51. The van der Waals surface area contributed by atoms with Crippen molar-refractivity contribution in [3.8, 4) is 5.82 Å². The Hall–Kier alpha value is -3.55. The lowest BCUT2D eigenvalue weighted by Crippen LogP contribution is -2.32. The Bertz CT molecular complexity index is 942. The molecule has 2 heterocycles. The van der Waals surface area contributed by atoms with Crippen molar-refractivity contribution in [3.05, 3.63) is 66.4 Å². The Morgan fingerprint density at radius 1 is 1.07 bits per heavy atom. The molecule has 2 amide bonds. The first-order valence-electron chi connectivity index (χ1n) is 8.82. The molecule has 0 aliphatic rings. The van der Waals surface area contributed by atoms with Crippen molar-refractivity contribution in [3.63, 3.8) is 0 Å². The third-order valence-corrected chi connectivity index (χ3v) is 4.11. The summed E-state index contributed by atoms with van der Waals surface area (Å²) in [6, 6.07) is 10.8. The maximum atomic E-state index is 12.2. The van der Waals surface area contributed by atoms with Crippen LogP contribution in [0.15, 0.2) is 55.2 Å². The van der Waals surface area contributed by atoms with Crippen LogP contribution in [-0.2, 0) is 10.2 Å². The summed E-state index contributed by atoms with van der Waals surface area (Å²) in [5.74, 6) is -0.0484. The van der Waals surface area contributed by atoms with E-state index in [1.807, 2.05) is 12.1 Å². The quantitative estimate of drug-likeness (QED) is 0.709. The van der Waals surface area contributed by atoms with Crippen LogP contribution in [-0.4, -0.2) is 38.1 Å². The van der Waals surface area contributed by atoms with E-state index in [2.05, 4.69) is 46.5 Å². The number of hydrogen-bond donors (Lipinski definition) is 2. The van der Waals surface area contributed by atoms with Gasteiger partial charge in [-0.15, -0.1) is 0 Å². The van der Waals surface area contributed by atoms with Crippen LogP contribution < -0.4 is 10.6 Å². The van der Waals surface area contributed by atoms with Crippen molar-refractivity contribution >= 4 is 17.5 Å². The molecule has 144 valence electrons. The first-order valence-corrected chi connectivity index (χ1v) is 8.82. The van der Waals surface area contributed by atoms with E-state index in [4.69, 9.17) is 0 Å². The first kappa shape index (κ1) is 19.2. The molecule has 8 nitrogen and oxygen atoms in total. The number of carbonyl (C=O) groups is 2. The van der Waals surface area contributed by atoms with Gasteiger partial charge in [0, 0.05) is 5.56 Å². The van der Waals surface area contributed by atoms with Crippen LogP contribution in [0.2, 0.25) is 0 Å². The predicted molar refractivity (Wildman–Crippen MR) is 105 cm³/mol. The third kappa shape index (κ3) is 4.79. The van der Waals surface area contributed by atoms with E-state index < -0.39 is 0 Å². The van der Waals surface area contributed by atoms with Gasteiger partial charge < -0.3 is 10.6 Å². The molecule has 8 heteroatoms. The van der Waals surface area contributed by atoms with Gasteiger partial charge in [0.05, 0.1) is 18.4 Å². The lowest BCUT2D eigenvalue weighted by Gasteiger charge is -2.19. The zero-order chi connectivity index (χ0) is 20.1. The van der Waals surface area contributed by atoms with Crippen LogP contribution in [0.3, 0.4) is 0 Å². The van der Waals surface area contributed by atoms with Crippen molar-refractivity contribution in [1.82, 2.24) is 25.1 Å². The van der Waals surface area contributed by atoms with E-state index in [-0.39, 0.29) is 23.8 Å². The summed E-state index contributed by atoms with van der Waals surface area (Å²) in [4.78, 5) is 32.3. The zero-order valence-electron chi connectivity index (χ0n) is 16.0. The third-order valence-electron chi connectivity index (χ3n) is 4.11. The zero-order valence-corrected chi connectivity index (χ0v) is 16.0. The first-order chi connectivity index (χ1) is 13.3. The molecule has 0 atom stereocenters. The fraction of sp³-hybridized carbons (Fsp3) is 0.250. The fourth-order valence-electron chi connectivity index (χ4n) is 2.51. The average molecular weight is 378 g/mol. The van der Waals surface area contributed by atoms with Crippen LogP contribution in [0, 0.1) is 0 Å². The van der Waals surface area contributed by atoms with Crippen molar-refractivity contribution < 1.29 is 9.59 Å². The van der Waals surface area contributed by atoms with Crippen molar-refractivity contribution in [1.29, 1.82) is 0 Å². The van der Waals surface area contributed by atoms with Crippen LogP contribution in [0.25, 0.3) is 5.82 Å². The van der Waals surface area contributed by atoms with E-state index in [1.54, 1.807) is 24.3 Å². The number of aromatic nitrogens is 4. The van der Waals surface area contributed by atoms with Gasteiger partial charge in [0.2, 0.25) is 5.91 Å². The van der Waals surface area contributed by atoms with Gasteiger partial charge >= 0.3 is 0 Å². The Balaban J connectivity index is 1.52. The number of rotatable bonds is 5. The molecule has 0 aliphatic heterocycles. The molecule has 0 radical (unpaired) electrons. The van der Waals surface area contributed by atoms with Crippen LogP contribution in [0.1, 0.15) is 36.7 Å². The van der Waals surface area contributed by atoms with Gasteiger partial charge in [-0.2, -0.15) is 5.10 Å². The minimum absolute atomic E-state index is 0.0202. The van der Waals surface area contributed by atoms with Crippen LogP contribution in [0.4, 0.5) is 5.69 Å². The highest BCUT2D eigenvalue weighted by molar-refractivity contribution is 5.99. The highest BCUT2D eigenvalue weighted by Crippen LogP contribution is 2.22. The lowest BCUT2D eigenvalue weighted by molar-refractivity contribution is -0.115. The normalized spacial score (nSPS) is 11.1. The summed E-state index contributed by atoms with van der Waals surface area (Å²) in [5.41, 5.74) is 2.20. The number of nitrogens with one attached hydrogen (secondary N) is 2. The van der Waals surface area contributed by atoms with E-state index in [0.717, 1.165) is 5.56 Å². The summed E-state index contributed by atoms with van der Waals surface area (Å²) in [6.45, 7) is 6.20. The molecule has 28 heavy (non-hydrogen) atoms. The molecule has 0 spiro atoms. The second-order valence-corrected chi connectivity index (χ2v) is 7.30. The molecule has 3 rings (SSSR count). The number of pyridine rings is 1. The van der Waals surface area contributed by atoms with E-state index in [1.165, 1.54) is 23.5 Å². The Morgan fingerprint density at radius 2 is 1.82 bits per heavy atom. The number of benzene rings is 1. The largest absolute Gasteiger partial charge is 0.343 e. The minimum atomic E-state index is -0.338. The van der Waals surface area contributed by atoms with Gasteiger partial charge in [-0.1, -0.05) is 32.9 Å². The molecule has 2 N–H and O–H groups in total. The topological polar surface area (TPSA) is 102 Å². The van der Waals surface area contributed by atoms with Gasteiger partial charge in [0.15, 0.2) is 5.82 Å². The lowest BCUT2D eigenvalue weighted by atomic mass is 9.87. The summed E-state index contributed by atoms with van der Waals surface area (Å²) in [6.07, 6.45) is 4.46. The molecule has 1 aromatic carbocycles. The maximum Gasteiger partial charge on any atom is 0.251 e. The number of amides is 2. The second-order valence-electron chi connectivity index (χ2n) is 7.30. The highest BCUT2D eigenvalue weighted by atomic mass is 16.2. The summed E-state index contributed by atoms with van der Waals surface area (Å²) in [5, 5.41) is 9.29. The molecule has 0 fully saturated rings. The van der Waals surface area contributed by atoms with Gasteiger partial charge in [-0.25, -0.2) is 14.6 Å². The second kappa shape index (κ2) is 7.99. The number of nitrogens with zero attached hydrogens (tertiary/aromatic N) is 4. The van der Waals surface area contributed by atoms with Gasteiger partial charge in [-0.3, -0.25) is 9.59 Å². The number of carbonyl (C=O) groups excluding carboxylic acids is 2. The molecular formula is C20H22N6O2. The smallest absolute Gasteiger partial charge is 0.251 e. The van der Waals surface area contributed by atoms with E-state index in [0.29, 0.717) is 17.1 Å². The standard InChI is InChI=1S/C20H22N6O2/c1-20(2,3)15-6-4-14(5-7-15)19(28)23-11-18(27)25-16-8-9-17(22-10-16)26-13-21-12-24-26/h4-10,12-13H,11H2,1-3H3,(H,23,28)(H,25,27). The highest BCUT2D eigenvalue weighted by Gasteiger charge is 2.14. The van der Waals surface area contributed by atoms with Crippen LogP contribution >= 0.6 is 0 Å². The summed E-state index contributed by atoms with van der Waals surface area (Å²) >= 11 is 0. The molecule has 0 unspecified atom stereocenters. The Kier molecular flexibility index (Phi) is 5.49. The SMILES string of the molecule is CC(C)(C)c1ccc(C(=O)NCC(=O)Nc2ccc(-n3cncn3)nc2)cc1. The van der Waals surface area contributed by atoms with Gasteiger partial charge in [-0.05, 0) is 35.2 Å². The van der Waals surface area contributed by atoms with Gasteiger partial charge in [0.1, 0.15) is 12.7 Å². The molecule has 2 aromatic heterocycles. The molecule has 3 aromatic rings. The van der Waals surface area contributed by atoms with Crippen LogP contribution in [0.5, 0.6) is 0 Å². The maximum absolute atomic E-state index is 12.2. The van der Waals surface area contributed by atoms with E-state index in [9.17, 15) is 9.59 Å². The molecule has 0 aliphatic carbocycles. The average Bonchev–Trinajstić information content (AvgIpc) is 3.21. The number of hydrogen-bond acceptors (Lipinski definition) is 5. The Morgan fingerprint density at radius 3 is 2.39 bits per heavy atom. The van der Waals surface area contributed by atoms with Gasteiger partial charge in [0.25, 0.3) is 5.91 Å². The minimum Gasteiger partial charge on any atom is -0.343 e. The van der Waals surface area contributed by atoms with E-state index >= 15 is 0 Å². The summed E-state index contributed by atoms with van der Waals surface area (Å²) in [7, 11) is 0. The van der Waals surface area contributed by atoms with Crippen molar-refractivity contribution in [2.75, 3.05) is 11.9 Å². The molecule has 0 saturated heterocycles. The molecule has 0 saturated carbocycles.